The van der Waals surface area contributed by atoms with Gasteiger partial charge in [0.15, 0.2) is 9.84 Å². The summed E-state index contributed by atoms with van der Waals surface area (Å²) >= 11 is 0. The zero-order valence-corrected chi connectivity index (χ0v) is 12.5. The lowest BCUT2D eigenvalue weighted by Gasteiger charge is -2.25. The van der Waals surface area contributed by atoms with Crippen LogP contribution >= 0.6 is 0 Å². The summed E-state index contributed by atoms with van der Waals surface area (Å²) in [7, 11) is -1.23. The normalized spacial score (nSPS) is 23.0. The van der Waals surface area contributed by atoms with Crippen LogP contribution in [0.5, 0.6) is 0 Å². The van der Waals surface area contributed by atoms with Crippen molar-refractivity contribution >= 4 is 15.7 Å². The number of carbonyl (C=O) groups excluding carboxylic acids is 1. The lowest BCUT2D eigenvalue weighted by atomic mass is 10.1. The molecule has 1 atom stereocenters. The van der Waals surface area contributed by atoms with E-state index in [0.29, 0.717) is 19.4 Å². The van der Waals surface area contributed by atoms with Crippen molar-refractivity contribution in [2.45, 2.75) is 45.2 Å². The average Bonchev–Trinajstić information content (AvgIpc) is 2.55. The molecule has 106 valence electrons. The maximum atomic E-state index is 11.9. The Bertz CT molecular complexity index is 398. The fourth-order valence-electron chi connectivity index (χ4n) is 2.01. The number of rotatable bonds is 4. The van der Waals surface area contributed by atoms with E-state index in [9.17, 15) is 13.2 Å². The predicted molar refractivity (Wildman–Crippen MR) is 72.2 cm³/mol. The monoisotopic (exact) mass is 276 g/mol. The van der Waals surface area contributed by atoms with Gasteiger partial charge in [-0.25, -0.2) is 8.42 Å². The number of carbonyl (C=O) groups is 1. The molecular formula is C12H24N2O3S. The molecule has 0 aromatic carbocycles. The van der Waals surface area contributed by atoms with Gasteiger partial charge in [-0.05, 0) is 27.2 Å². The van der Waals surface area contributed by atoms with Crippen LogP contribution in [-0.2, 0) is 14.6 Å². The summed E-state index contributed by atoms with van der Waals surface area (Å²) in [6.07, 6.45) is 0.974. The Hall–Kier alpha value is -0.620. The highest BCUT2D eigenvalue weighted by molar-refractivity contribution is 7.91. The van der Waals surface area contributed by atoms with Crippen molar-refractivity contribution in [1.29, 1.82) is 0 Å². The van der Waals surface area contributed by atoms with Crippen LogP contribution in [0.1, 0.15) is 33.6 Å². The summed E-state index contributed by atoms with van der Waals surface area (Å²) in [5, 5.41) is 3.25. The number of amides is 1. The molecule has 1 N–H and O–H groups in total. The largest absolute Gasteiger partial charge is 0.342 e. The Morgan fingerprint density at radius 2 is 2.00 bits per heavy atom. The third kappa shape index (κ3) is 4.94. The molecular weight excluding hydrogens is 252 g/mol. The zero-order chi connectivity index (χ0) is 14.0. The van der Waals surface area contributed by atoms with Crippen molar-refractivity contribution in [3.63, 3.8) is 0 Å². The van der Waals surface area contributed by atoms with Gasteiger partial charge in [0, 0.05) is 31.6 Å². The molecule has 0 spiro atoms. The van der Waals surface area contributed by atoms with Crippen molar-refractivity contribution in [2.75, 3.05) is 25.1 Å². The number of sulfone groups is 1. The topological polar surface area (TPSA) is 66.5 Å². The molecule has 1 aliphatic rings. The molecule has 1 saturated heterocycles. The molecule has 1 rings (SSSR count). The Balaban J connectivity index is 2.38. The van der Waals surface area contributed by atoms with Crippen LogP contribution in [-0.4, -0.2) is 55.9 Å². The molecule has 0 aliphatic carbocycles. The Morgan fingerprint density at radius 3 is 2.44 bits per heavy atom. The van der Waals surface area contributed by atoms with E-state index in [2.05, 4.69) is 5.32 Å². The van der Waals surface area contributed by atoms with E-state index in [4.69, 9.17) is 0 Å². The second kappa shape index (κ2) is 5.57. The fraction of sp³-hybridized carbons (Fsp3) is 0.917. The lowest BCUT2D eigenvalue weighted by Crippen LogP contribution is -2.41. The third-order valence-corrected chi connectivity index (χ3v) is 4.89. The molecule has 0 saturated carbocycles. The van der Waals surface area contributed by atoms with Gasteiger partial charge in [-0.1, -0.05) is 0 Å². The highest BCUT2D eigenvalue weighted by Crippen LogP contribution is 2.17. The van der Waals surface area contributed by atoms with Crippen molar-refractivity contribution in [3.05, 3.63) is 0 Å². The first-order valence-electron chi connectivity index (χ1n) is 6.32. The smallest absolute Gasteiger partial charge is 0.223 e. The van der Waals surface area contributed by atoms with Crippen LogP contribution in [0.2, 0.25) is 0 Å². The Kier molecular flexibility index (Phi) is 4.78. The molecule has 5 nitrogen and oxygen atoms in total. The summed E-state index contributed by atoms with van der Waals surface area (Å²) in [6, 6.07) is -0.142. The Labute approximate surface area is 110 Å². The molecule has 1 aliphatic heterocycles. The summed E-state index contributed by atoms with van der Waals surface area (Å²) < 4.78 is 22.7. The second-order valence-corrected chi connectivity index (χ2v) is 8.22. The van der Waals surface area contributed by atoms with Crippen LogP contribution in [0.25, 0.3) is 0 Å². The van der Waals surface area contributed by atoms with Crippen molar-refractivity contribution in [1.82, 2.24) is 10.2 Å². The first kappa shape index (κ1) is 15.4. The van der Waals surface area contributed by atoms with Gasteiger partial charge in [0.1, 0.15) is 0 Å². The quantitative estimate of drug-likeness (QED) is 0.807. The summed E-state index contributed by atoms with van der Waals surface area (Å²) in [6.45, 7) is 6.76. The first-order valence-corrected chi connectivity index (χ1v) is 8.14. The predicted octanol–water partition coefficient (Wildman–Crippen LogP) is 0.410. The van der Waals surface area contributed by atoms with Crippen LogP contribution in [0, 0.1) is 0 Å². The van der Waals surface area contributed by atoms with E-state index >= 15 is 0 Å². The van der Waals surface area contributed by atoms with E-state index < -0.39 is 9.84 Å². The van der Waals surface area contributed by atoms with Gasteiger partial charge in [0.05, 0.1) is 11.5 Å². The number of nitrogens with one attached hydrogen (secondary N) is 1. The van der Waals surface area contributed by atoms with Gasteiger partial charge in [-0.2, -0.15) is 0 Å². The van der Waals surface area contributed by atoms with Crippen LogP contribution < -0.4 is 5.32 Å². The maximum Gasteiger partial charge on any atom is 0.223 e. The average molecular weight is 276 g/mol. The van der Waals surface area contributed by atoms with Crippen LogP contribution in [0.15, 0.2) is 0 Å². The molecule has 0 aromatic heterocycles. The highest BCUT2D eigenvalue weighted by atomic mass is 32.2. The molecule has 0 aromatic rings. The van der Waals surface area contributed by atoms with Crippen LogP contribution in [0.3, 0.4) is 0 Å². The molecule has 18 heavy (non-hydrogen) atoms. The number of hydrogen-bond acceptors (Lipinski definition) is 4. The number of nitrogens with zero attached hydrogens (tertiary/aromatic N) is 1. The zero-order valence-electron chi connectivity index (χ0n) is 11.7. The Morgan fingerprint density at radius 1 is 1.39 bits per heavy atom. The summed E-state index contributed by atoms with van der Waals surface area (Å²) in [4.78, 5) is 13.5. The van der Waals surface area contributed by atoms with E-state index in [1.54, 1.807) is 11.9 Å². The van der Waals surface area contributed by atoms with E-state index in [0.717, 1.165) is 0 Å². The lowest BCUT2D eigenvalue weighted by molar-refractivity contribution is -0.131. The highest BCUT2D eigenvalue weighted by Gasteiger charge is 2.32. The third-order valence-electron chi connectivity index (χ3n) is 3.14. The minimum atomic E-state index is -2.93. The first-order chi connectivity index (χ1) is 8.11. The van der Waals surface area contributed by atoms with Crippen molar-refractivity contribution < 1.29 is 13.2 Å². The molecule has 1 fully saturated rings. The van der Waals surface area contributed by atoms with E-state index in [1.165, 1.54) is 0 Å². The van der Waals surface area contributed by atoms with Crippen LogP contribution in [0.4, 0.5) is 0 Å². The summed E-state index contributed by atoms with van der Waals surface area (Å²) in [5.41, 5.74) is -0.00442. The fourth-order valence-corrected chi connectivity index (χ4v) is 3.78. The standard InChI is InChI=1S/C12H24N2O3S/c1-12(2,3)13-7-5-11(15)14(4)10-6-8-18(16,17)9-10/h10,13H,5-9H2,1-4H3. The number of hydrogen-bond donors (Lipinski definition) is 1. The summed E-state index contributed by atoms with van der Waals surface area (Å²) in [5.74, 6) is 0.325. The van der Waals surface area contributed by atoms with Gasteiger partial charge in [0.2, 0.25) is 5.91 Å². The minimum Gasteiger partial charge on any atom is -0.342 e. The molecule has 0 bridgehead atoms. The van der Waals surface area contributed by atoms with Gasteiger partial charge in [-0.3, -0.25) is 4.79 Å². The SMILES string of the molecule is CN(C(=O)CCNC(C)(C)C)C1CCS(=O)(=O)C1. The van der Waals surface area contributed by atoms with Gasteiger partial charge >= 0.3 is 0 Å². The molecule has 1 unspecified atom stereocenters. The molecule has 6 heteroatoms. The van der Waals surface area contributed by atoms with Crippen molar-refractivity contribution in [2.24, 2.45) is 0 Å². The molecule has 1 amide bonds. The van der Waals surface area contributed by atoms with Gasteiger partial charge < -0.3 is 10.2 Å². The second-order valence-electron chi connectivity index (χ2n) is 5.99. The van der Waals surface area contributed by atoms with Gasteiger partial charge in [-0.15, -0.1) is 0 Å². The molecule has 0 radical (unpaired) electrons. The van der Waals surface area contributed by atoms with Crippen molar-refractivity contribution in [3.8, 4) is 0 Å². The van der Waals surface area contributed by atoms with Gasteiger partial charge in [0.25, 0.3) is 0 Å². The van der Waals surface area contributed by atoms with E-state index in [1.807, 2.05) is 20.8 Å². The molecule has 1 heterocycles. The maximum absolute atomic E-state index is 11.9. The minimum absolute atomic E-state index is 0.00442. The van der Waals surface area contributed by atoms with E-state index in [-0.39, 0.29) is 29.0 Å².